The van der Waals surface area contributed by atoms with E-state index in [4.69, 9.17) is 14.6 Å². The van der Waals surface area contributed by atoms with Crippen molar-refractivity contribution in [2.45, 2.75) is 25.5 Å². The minimum Gasteiger partial charge on any atom is -0.505 e. The number of hydrogen-bond acceptors (Lipinski definition) is 7. The van der Waals surface area contributed by atoms with Crippen LogP contribution < -0.4 is 15.6 Å². The highest BCUT2D eigenvalue weighted by Crippen LogP contribution is 2.38. The van der Waals surface area contributed by atoms with Gasteiger partial charge in [0.05, 0.1) is 19.8 Å². The van der Waals surface area contributed by atoms with E-state index in [2.05, 4.69) is 10.3 Å². The summed E-state index contributed by atoms with van der Waals surface area (Å²) < 4.78 is 26.0. The fourth-order valence-corrected chi connectivity index (χ4v) is 4.07. The number of allylic oxidation sites excluding steroid dienone is 4. The van der Waals surface area contributed by atoms with Crippen molar-refractivity contribution in [1.29, 1.82) is 0 Å². The Labute approximate surface area is 182 Å². The van der Waals surface area contributed by atoms with E-state index in [-0.39, 0.29) is 43.6 Å². The van der Waals surface area contributed by atoms with Crippen LogP contribution in [-0.2, 0) is 17.7 Å². The van der Waals surface area contributed by atoms with Crippen LogP contribution in [0.4, 0.5) is 4.39 Å². The molecule has 2 aromatic rings. The van der Waals surface area contributed by atoms with Gasteiger partial charge in [0.2, 0.25) is 0 Å². The number of aromatic nitrogens is 2. The first kappa shape index (κ1) is 22.0. The summed E-state index contributed by atoms with van der Waals surface area (Å²) >= 11 is 0. The highest BCUT2D eigenvalue weighted by atomic mass is 19.1. The molecule has 10 heteroatoms. The molecule has 4 rings (SSSR count). The van der Waals surface area contributed by atoms with Gasteiger partial charge >= 0.3 is 0 Å². The van der Waals surface area contributed by atoms with Crippen LogP contribution in [0.3, 0.4) is 0 Å². The van der Waals surface area contributed by atoms with Crippen LogP contribution in [0, 0.1) is 5.92 Å². The van der Waals surface area contributed by atoms with Gasteiger partial charge in [-0.05, 0) is 30.9 Å². The standard InChI is InChI=1S/C22H24FN3O6/c1-31-11-15-10-26-18-17(19(28)16(22(26)30)21(29)24-6-7-27)25-9-13(20(18)32-15)8-12-2-4-14(23)5-3-12/h2,4-5,9,12,15,27-28H,3,6-8,10-11H2,1H3,(H,24,29). The second kappa shape index (κ2) is 9.09. The van der Waals surface area contributed by atoms with Crippen LogP contribution in [0.5, 0.6) is 11.5 Å². The Kier molecular flexibility index (Phi) is 6.24. The molecule has 0 spiro atoms. The number of aliphatic hydroxyl groups is 1. The Morgan fingerprint density at radius 3 is 2.97 bits per heavy atom. The largest absolute Gasteiger partial charge is 0.505 e. The fraction of sp³-hybridized carbons (Fsp3) is 0.409. The molecule has 0 bridgehead atoms. The van der Waals surface area contributed by atoms with Gasteiger partial charge in [-0.2, -0.15) is 0 Å². The van der Waals surface area contributed by atoms with Crippen molar-refractivity contribution in [3.8, 4) is 11.5 Å². The van der Waals surface area contributed by atoms with Crippen LogP contribution in [0.2, 0.25) is 0 Å². The van der Waals surface area contributed by atoms with Crippen LogP contribution in [-0.4, -0.2) is 58.6 Å². The predicted molar refractivity (Wildman–Crippen MR) is 114 cm³/mol. The molecule has 0 fully saturated rings. The first-order chi connectivity index (χ1) is 15.4. The van der Waals surface area contributed by atoms with Crippen molar-refractivity contribution < 1.29 is 28.9 Å². The lowest BCUT2D eigenvalue weighted by Gasteiger charge is -2.30. The van der Waals surface area contributed by atoms with Gasteiger partial charge in [-0.1, -0.05) is 6.08 Å². The van der Waals surface area contributed by atoms with E-state index in [1.54, 1.807) is 12.3 Å². The molecule has 1 amide bonds. The summed E-state index contributed by atoms with van der Waals surface area (Å²) in [6, 6.07) is 0. The smallest absolute Gasteiger partial charge is 0.268 e. The van der Waals surface area contributed by atoms with Gasteiger partial charge in [0.25, 0.3) is 11.5 Å². The minimum atomic E-state index is -0.796. The zero-order chi connectivity index (χ0) is 22.8. The van der Waals surface area contributed by atoms with Crippen LogP contribution in [0.15, 0.2) is 35.0 Å². The number of aromatic hydroxyl groups is 1. The molecule has 2 aliphatic rings. The van der Waals surface area contributed by atoms with E-state index in [0.29, 0.717) is 29.7 Å². The molecule has 9 nitrogen and oxygen atoms in total. The zero-order valence-corrected chi connectivity index (χ0v) is 17.5. The Bertz CT molecular complexity index is 1170. The first-order valence-electron chi connectivity index (χ1n) is 10.3. The van der Waals surface area contributed by atoms with Gasteiger partial charge in [-0.25, -0.2) is 4.39 Å². The quantitative estimate of drug-likeness (QED) is 0.585. The molecule has 0 radical (unpaired) electrons. The van der Waals surface area contributed by atoms with Gasteiger partial charge in [0.15, 0.2) is 11.5 Å². The Morgan fingerprint density at radius 2 is 2.28 bits per heavy atom. The third kappa shape index (κ3) is 3.98. The van der Waals surface area contributed by atoms with Gasteiger partial charge < -0.3 is 25.0 Å². The average Bonchev–Trinajstić information content (AvgIpc) is 2.78. The molecule has 3 N–H and O–H groups in total. The van der Waals surface area contributed by atoms with E-state index < -0.39 is 28.9 Å². The van der Waals surface area contributed by atoms with Gasteiger partial charge in [-0.3, -0.25) is 19.1 Å². The lowest BCUT2D eigenvalue weighted by Crippen LogP contribution is -2.41. The number of nitrogens with zero attached hydrogens (tertiary/aromatic N) is 2. The van der Waals surface area contributed by atoms with Crippen molar-refractivity contribution in [3.05, 3.63) is 51.7 Å². The topological polar surface area (TPSA) is 123 Å². The summed E-state index contributed by atoms with van der Waals surface area (Å²) in [5.41, 5.74) is -0.0478. The highest BCUT2D eigenvalue weighted by Gasteiger charge is 2.32. The maximum Gasteiger partial charge on any atom is 0.268 e. The fourth-order valence-electron chi connectivity index (χ4n) is 4.07. The van der Waals surface area contributed by atoms with Crippen molar-refractivity contribution in [2.75, 3.05) is 26.9 Å². The number of ether oxygens (including phenoxy) is 2. The van der Waals surface area contributed by atoms with Gasteiger partial charge in [0.1, 0.15) is 28.5 Å². The molecule has 2 aromatic heterocycles. The second-order valence-electron chi connectivity index (χ2n) is 7.77. The summed E-state index contributed by atoms with van der Waals surface area (Å²) in [7, 11) is 1.52. The minimum absolute atomic E-state index is 0.0219. The molecule has 0 aromatic carbocycles. The SMILES string of the molecule is COCC1Cn2c(=O)c(C(=O)NCCO)c(O)c3ncc(CC4C=CC(F)=CC4)c(c32)O1. The maximum atomic E-state index is 13.3. The molecule has 32 heavy (non-hydrogen) atoms. The van der Waals surface area contributed by atoms with Crippen molar-refractivity contribution in [3.63, 3.8) is 0 Å². The lowest BCUT2D eigenvalue weighted by molar-refractivity contribution is 0.0638. The number of halogens is 1. The number of carbonyl (C=O) groups is 1. The average molecular weight is 445 g/mol. The molecule has 1 aliphatic carbocycles. The van der Waals surface area contributed by atoms with E-state index in [9.17, 15) is 19.1 Å². The molecule has 1 aliphatic heterocycles. The summed E-state index contributed by atoms with van der Waals surface area (Å²) in [5.74, 6) is -1.20. The summed E-state index contributed by atoms with van der Waals surface area (Å²) in [4.78, 5) is 30.0. The number of nitrogens with one attached hydrogen (secondary N) is 1. The van der Waals surface area contributed by atoms with E-state index in [0.717, 1.165) is 0 Å². The van der Waals surface area contributed by atoms with E-state index in [1.165, 1.54) is 23.8 Å². The lowest BCUT2D eigenvalue weighted by atomic mass is 9.92. The van der Waals surface area contributed by atoms with E-state index >= 15 is 0 Å². The molecule has 0 saturated carbocycles. The van der Waals surface area contributed by atoms with Gasteiger partial charge in [-0.15, -0.1) is 0 Å². The van der Waals surface area contributed by atoms with E-state index in [1.807, 2.05) is 0 Å². The molecule has 2 unspecified atom stereocenters. The third-order valence-corrected chi connectivity index (χ3v) is 5.54. The summed E-state index contributed by atoms with van der Waals surface area (Å²) in [6.45, 7) is -0.0519. The summed E-state index contributed by atoms with van der Waals surface area (Å²) in [6.07, 6.45) is 6.77. The Balaban J connectivity index is 1.84. The number of methoxy groups -OCH3 is 1. The Hall–Kier alpha value is -3.24. The molecular weight excluding hydrogens is 421 g/mol. The third-order valence-electron chi connectivity index (χ3n) is 5.54. The van der Waals surface area contributed by atoms with Crippen molar-refractivity contribution in [2.24, 2.45) is 5.92 Å². The molecule has 0 saturated heterocycles. The molecule has 170 valence electrons. The summed E-state index contributed by atoms with van der Waals surface area (Å²) in [5, 5.41) is 22.1. The number of carbonyl (C=O) groups excluding carboxylic acids is 1. The highest BCUT2D eigenvalue weighted by molar-refractivity contribution is 6.02. The van der Waals surface area contributed by atoms with Crippen molar-refractivity contribution in [1.82, 2.24) is 14.9 Å². The molecule has 3 heterocycles. The van der Waals surface area contributed by atoms with Crippen LogP contribution >= 0.6 is 0 Å². The van der Waals surface area contributed by atoms with Gasteiger partial charge in [0, 0.05) is 25.4 Å². The van der Waals surface area contributed by atoms with Crippen molar-refractivity contribution >= 4 is 16.9 Å². The zero-order valence-electron chi connectivity index (χ0n) is 17.5. The van der Waals surface area contributed by atoms with Crippen LogP contribution in [0.25, 0.3) is 11.0 Å². The molecular formula is C22H24FN3O6. The maximum absolute atomic E-state index is 13.3. The Morgan fingerprint density at radius 1 is 1.47 bits per heavy atom. The second-order valence-corrected chi connectivity index (χ2v) is 7.77. The first-order valence-corrected chi connectivity index (χ1v) is 10.3. The number of aliphatic hydroxyl groups excluding tert-OH is 1. The number of hydrogen-bond donors (Lipinski definition) is 3. The van der Waals surface area contributed by atoms with Crippen LogP contribution in [0.1, 0.15) is 22.3 Å². The monoisotopic (exact) mass is 445 g/mol. The molecule has 2 atom stereocenters. The number of rotatable bonds is 7. The number of amides is 1. The number of pyridine rings is 2. The predicted octanol–water partition coefficient (Wildman–Crippen LogP) is 1.20. The normalized spacial score (nSPS) is 19.5.